The van der Waals surface area contributed by atoms with E-state index in [2.05, 4.69) is 20.8 Å². The van der Waals surface area contributed by atoms with E-state index in [1.54, 1.807) is 0 Å². The minimum Gasteiger partial charge on any atom is -0.550 e. The number of carboxylic acid groups (broad SMARTS) is 1. The van der Waals surface area contributed by atoms with Crippen molar-refractivity contribution in [3.05, 3.63) is 0 Å². The summed E-state index contributed by atoms with van der Waals surface area (Å²) in [6, 6.07) is 0. The van der Waals surface area contributed by atoms with E-state index in [4.69, 9.17) is 0 Å². The number of aliphatic hydroxyl groups is 3. The highest BCUT2D eigenvalue weighted by molar-refractivity contribution is 5.64. The third-order valence-electron chi connectivity index (χ3n) is 10.3. The maximum Gasteiger partial charge on any atom is 0.0836 e. The standard InChI is InChI=1S/C24H40O5/c1-13(4-7-19(26)27)15-5-6-16-20-17(9-11-23(15,16)2)24(3)10-8-14(25)12-18(24)21(28)22(20)29/h13-18,20-22,25,28-29H,4-12H2,1-3H3,(H,26,27)/p-1/t13-,14-,15-,16+,17+,18+,20+,21+,22+,23-,24-/m1/s1. The van der Waals surface area contributed by atoms with Crippen LogP contribution in [-0.4, -0.2) is 39.6 Å². The third-order valence-corrected chi connectivity index (χ3v) is 10.3. The summed E-state index contributed by atoms with van der Waals surface area (Å²) in [5.41, 5.74) is 0.0904. The molecule has 29 heavy (non-hydrogen) atoms. The number of aliphatic carboxylic acids is 1. The number of fused-ring (bicyclic) bond motifs is 5. The van der Waals surface area contributed by atoms with Crippen LogP contribution in [0.1, 0.15) is 78.6 Å². The van der Waals surface area contributed by atoms with Gasteiger partial charge in [-0.2, -0.15) is 0 Å². The van der Waals surface area contributed by atoms with E-state index in [0.717, 1.165) is 38.5 Å². The SMILES string of the molecule is C[C@H](CCC(=O)[O-])[C@H]1CC[C@H]2[C@@H]3[C@H](O)[C@@H](O)[C@@H]4C[C@H](O)CC[C@]4(C)[C@H]3CC[C@]12C. The molecule has 0 spiro atoms. The highest BCUT2D eigenvalue weighted by Gasteiger charge is 2.65. The highest BCUT2D eigenvalue weighted by atomic mass is 16.4. The smallest absolute Gasteiger partial charge is 0.0836 e. The van der Waals surface area contributed by atoms with Crippen LogP contribution in [0.2, 0.25) is 0 Å². The van der Waals surface area contributed by atoms with E-state index in [-0.39, 0.29) is 35.2 Å². The maximum atomic E-state index is 11.3. The molecule has 0 amide bonds. The van der Waals surface area contributed by atoms with Crippen molar-refractivity contribution in [2.75, 3.05) is 0 Å². The van der Waals surface area contributed by atoms with E-state index < -0.39 is 18.2 Å². The number of hydrogen-bond donors (Lipinski definition) is 3. The lowest BCUT2D eigenvalue weighted by molar-refractivity contribution is -0.306. The van der Waals surface area contributed by atoms with Gasteiger partial charge in [0.25, 0.3) is 0 Å². The topological polar surface area (TPSA) is 101 Å². The molecule has 0 aliphatic heterocycles. The van der Waals surface area contributed by atoms with E-state index in [9.17, 15) is 25.2 Å². The molecule has 0 aromatic carbocycles. The lowest BCUT2D eigenvalue weighted by Crippen LogP contribution is -2.64. The van der Waals surface area contributed by atoms with Gasteiger partial charge in [0.15, 0.2) is 0 Å². The Balaban J connectivity index is 1.59. The Labute approximate surface area is 174 Å². The van der Waals surface area contributed by atoms with Crippen LogP contribution < -0.4 is 5.11 Å². The number of rotatable bonds is 4. The summed E-state index contributed by atoms with van der Waals surface area (Å²) in [7, 11) is 0. The molecule has 11 atom stereocenters. The summed E-state index contributed by atoms with van der Waals surface area (Å²) in [6.07, 6.45) is 5.59. The summed E-state index contributed by atoms with van der Waals surface area (Å²) in [6.45, 7) is 6.84. The summed E-state index contributed by atoms with van der Waals surface area (Å²) in [5, 5.41) is 43.5. The van der Waals surface area contributed by atoms with E-state index >= 15 is 0 Å². The Morgan fingerprint density at radius 2 is 1.62 bits per heavy atom. The van der Waals surface area contributed by atoms with Gasteiger partial charge in [0.2, 0.25) is 0 Å². The van der Waals surface area contributed by atoms with Gasteiger partial charge >= 0.3 is 0 Å². The van der Waals surface area contributed by atoms with Gasteiger partial charge in [-0.25, -0.2) is 0 Å². The minimum absolute atomic E-state index is 0.0114. The first kappa shape index (κ1) is 21.6. The molecule has 5 nitrogen and oxygen atoms in total. The molecule has 0 bridgehead atoms. The lowest BCUT2D eigenvalue weighted by atomic mass is 9.43. The highest BCUT2D eigenvalue weighted by Crippen LogP contribution is 2.68. The number of hydrogen-bond acceptors (Lipinski definition) is 5. The molecular formula is C24H39O5-. The fourth-order valence-electron chi connectivity index (χ4n) is 8.76. The molecule has 0 radical (unpaired) electrons. The molecule has 4 aliphatic rings. The molecule has 0 unspecified atom stereocenters. The normalized spacial score (nSPS) is 52.9. The van der Waals surface area contributed by atoms with Gasteiger partial charge in [0.1, 0.15) is 0 Å². The molecule has 0 aromatic rings. The van der Waals surface area contributed by atoms with Crippen LogP contribution in [0.4, 0.5) is 0 Å². The van der Waals surface area contributed by atoms with Crippen molar-refractivity contribution in [3.63, 3.8) is 0 Å². The Morgan fingerprint density at radius 3 is 2.31 bits per heavy atom. The summed E-state index contributed by atoms with van der Waals surface area (Å²) in [4.78, 5) is 11.0. The summed E-state index contributed by atoms with van der Waals surface area (Å²) >= 11 is 0. The van der Waals surface area contributed by atoms with E-state index in [1.165, 1.54) is 0 Å². The van der Waals surface area contributed by atoms with Crippen molar-refractivity contribution in [1.82, 2.24) is 0 Å². The second-order valence-corrected chi connectivity index (χ2v) is 11.4. The Hall–Kier alpha value is -0.650. The van der Waals surface area contributed by atoms with Gasteiger partial charge < -0.3 is 25.2 Å². The minimum atomic E-state index is -0.968. The van der Waals surface area contributed by atoms with Crippen molar-refractivity contribution >= 4 is 5.97 Å². The number of carbonyl (C=O) groups is 1. The summed E-state index contributed by atoms with van der Waals surface area (Å²) < 4.78 is 0. The molecule has 4 rings (SSSR count). The average molecular weight is 408 g/mol. The van der Waals surface area contributed by atoms with Gasteiger partial charge in [-0.15, -0.1) is 0 Å². The van der Waals surface area contributed by atoms with Crippen LogP contribution in [-0.2, 0) is 4.79 Å². The molecular weight excluding hydrogens is 368 g/mol. The van der Waals surface area contributed by atoms with Gasteiger partial charge in [0.05, 0.1) is 18.3 Å². The predicted octanol–water partition coefficient (Wildman–Crippen LogP) is 2.11. The third kappa shape index (κ3) is 3.27. The predicted molar refractivity (Wildman–Crippen MR) is 107 cm³/mol. The molecule has 3 N–H and O–H groups in total. The van der Waals surface area contributed by atoms with Crippen LogP contribution in [0, 0.1) is 46.3 Å². The van der Waals surface area contributed by atoms with E-state index in [1.807, 2.05) is 0 Å². The fraction of sp³-hybridized carbons (Fsp3) is 0.958. The van der Waals surface area contributed by atoms with Gasteiger partial charge in [-0.1, -0.05) is 20.8 Å². The van der Waals surface area contributed by atoms with Crippen molar-refractivity contribution < 1.29 is 25.2 Å². The van der Waals surface area contributed by atoms with Gasteiger partial charge in [0, 0.05) is 5.97 Å². The fourth-order valence-corrected chi connectivity index (χ4v) is 8.76. The quantitative estimate of drug-likeness (QED) is 0.663. The molecule has 0 aromatic heterocycles. The maximum absolute atomic E-state index is 11.3. The van der Waals surface area contributed by atoms with Crippen LogP contribution in [0.3, 0.4) is 0 Å². The van der Waals surface area contributed by atoms with Crippen LogP contribution in [0.25, 0.3) is 0 Å². The van der Waals surface area contributed by atoms with Crippen molar-refractivity contribution in [2.45, 2.75) is 96.9 Å². The van der Waals surface area contributed by atoms with Crippen molar-refractivity contribution in [1.29, 1.82) is 0 Å². The first-order chi connectivity index (χ1) is 13.6. The zero-order valence-electron chi connectivity index (χ0n) is 18.2. The Bertz CT molecular complexity index is 637. The Morgan fingerprint density at radius 1 is 0.966 bits per heavy atom. The van der Waals surface area contributed by atoms with Gasteiger partial charge in [-0.05, 0) is 104 Å². The first-order valence-corrected chi connectivity index (χ1v) is 11.8. The largest absolute Gasteiger partial charge is 0.550 e. The average Bonchev–Trinajstić information content (AvgIpc) is 3.02. The number of carbonyl (C=O) groups excluding carboxylic acids is 1. The number of carboxylic acids is 1. The number of aliphatic hydroxyl groups excluding tert-OH is 3. The lowest BCUT2D eigenvalue weighted by Gasteiger charge is -2.63. The van der Waals surface area contributed by atoms with E-state index in [0.29, 0.717) is 36.5 Å². The van der Waals surface area contributed by atoms with Crippen LogP contribution in [0.5, 0.6) is 0 Å². The van der Waals surface area contributed by atoms with Gasteiger partial charge in [-0.3, -0.25) is 0 Å². The zero-order valence-corrected chi connectivity index (χ0v) is 18.2. The Kier molecular flexibility index (Phi) is 5.57. The molecule has 0 saturated heterocycles. The molecule has 166 valence electrons. The molecule has 4 aliphatic carbocycles. The monoisotopic (exact) mass is 407 g/mol. The van der Waals surface area contributed by atoms with Crippen molar-refractivity contribution in [3.8, 4) is 0 Å². The molecule has 5 heteroatoms. The van der Waals surface area contributed by atoms with Crippen LogP contribution in [0.15, 0.2) is 0 Å². The molecule has 0 heterocycles. The van der Waals surface area contributed by atoms with Crippen LogP contribution >= 0.6 is 0 Å². The molecule has 4 fully saturated rings. The summed E-state index contributed by atoms with van der Waals surface area (Å²) in [5.74, 6) is 0.697. The zero-order chi connectivity index (χ0) is 21.1. The van der Waals surface area contributed by atoms with Crippen molar-refractivity contribution in [2.24, 2.45) is 46.3 Å². The molecule has 4 saturated carbocycles. The first-order valence-electron chi connectivity index (χ1n) is 11.8. The second-order valence-electron chi connectivity index (χ2n) is 11.4. The second kappa shape index (κ2) is 7.49.